The number of hydrogen-bond donors (Lipinski definition) is 0. The van der Waals surface area contributed by atoms with E-state index in [0.717, 1.165) is 17.9 Å². The summed E-state index contributed by atoms with van der Waals surface area (Å²) in [4.78, 5) is 15.1. The molecule has 0 fully saturated rings. The molecule has 31 heavy (non-hydrogen) atoms. The van der Waals surface area contributed by atoms with Crippen molar-refractivity contribution in [3.05, 3.63) is 46.7 Å². The van der Waals surface area contributed by atoms with Gasteiger partial charge in [-0.2, -0.15) is 0 Å². The van der Waals surface area contributed by atoms with Gasteiger partial charge in [0.2, 0.25) is 11.5 Å². The van der Waals surface area contributed by atoms with Crippen molar-refractivity contribution in [2.24, 2.45) is 0 Å². The summed E-state index contributed by atoms with van der Waals surface area (Å²) < 4.78 is 33.3. The Kier molecular flexibility index (Phi) is 6.01. The molecule has 2 heterocycles. The van der Waals surface area contributed by atoms with E-state index in [0.29, 0.717) is 54.0 Å². The van der Waals surface area contributed by atoms with Crippen LogP contribution in [-0.4, -0.2) is 59.0 Å². The van der Waals surface area contributed by atoms with Crippen molar-refractivity contribution in [3.8, 4) is 28.7 Å². The average Bonchev–Trinajstić information content (AvgIpc) is 3.12. The second-order valence-corrected chi connectivity index (χ2v) is 7.10. The Hall–Kier alpha value is -3.23. The molecule has 0 N–H and O–H groups in total. The molecule has 0 radical (unpaired) electrons. The number of hydrogen-bond acceptors (Lipinski definition) is 8. The summed E-state index contributed by atoms with van der Waals surface area (Å²) in [6.07, 6.45) is 1.65. The number of carbonyl (C=O) groups is 1. The van der Waals surface area contributed by atoms with Crippen LogP contribution in [0, 0.1) is 0 Å². The van der Waals surface area contributed by atoms with E-state index in [1.165, 1.54) is 14.2 Å². The molecule has 0 aromatic heterocycles. The van der Waals surface area contributed by atoms with Crippen molar-refractivity contribution in [2.45, 2.75) is 6.54 Å². The highest BCUT2D eigenvalue weighted by atomic mass is 16.5. The maximum Gasteiger partial charge on any atom is 0.231 e. The number of nitrogens with zero attached hydrogens (tertiary/aromatic N) is 1. The fourth-order valence-corrected chi connectivity index (χ4v) is 3.75. The van der Waals surface area contributed by atoms with Gasteiger partial charge >= 0.3 is 0 Å². The molecule has 8 nitrogen and oxygen atoms in total. The fraction of sp³-hybridized carbons (Fsp3) is 0.348. The summed E-state index contributed by atoms with van der Waals surface area (Å²) >= 11 is 0. The van der Waals surface area contributed by atoms with Gasteiger partial charge in [-0.1, -0.05) is 0 Å². The zero-order valence-electron chi connectivity index (χ0n) is 18.0. The molecule has 0 aliphatic carbocycles. The van der Waals surface area contributed by atoms with Crippen LogP contribution in [0.4, 0.5) is 0 Å². The van der Waals surface area contributed by atoms with Crippen LogP contribution < -0.4 is 23.7 Å². The van der Waals surface area contributed by atoms with Crippen LogP contribution in [0.15, 0.2) is 30.0 Å². The lowest BCUT2D eigenvalue weighted by Crippen LogP contribution is -2.34. The Morgan fingerprint density at radius 3 is 2.55 bits per heavy atom. The number of allylic oxidation sites excluding steroid dienone is 1. The van der Waals surface area contributed by atoms with E-state index in [2.05, 4.69) is 4.90 Å². The van der Waals surface area contributed by atoms with Crippen molar-refractivity contribution in [1.82, 2.24) is 4.90 Å². The molecule has 4 rings (SSSR count). The Labute approximate surface area is 180 Å². The number of benzene rings is 2. The van der Waals surface area contributed by atoms with Gasteiger partial charge in [0.15, 0.2) is 17.3 Å². The van der Waals surface area contributed by atoms with Gasteiger partial charge in [-0.15, -0.1) is 0 Å². The third kappa shape index (κ3) is 3.80. The third-order valence-electron chi connectivity index (χ3n) is 5.32. The molecule has 0 atom stereocenters. The first-order chi connectivity index (χ1) is 15.1. The predicted octanol–water partition coefficient (Wildman–Crippen LogP) is 3.13. The first-order valence-electron chi connectivity index (χ1n) is 9.84. The maximum absolute atomic E-state index is 13.1. The van der Waals surface area contributed by atoms with Crippen LogP contribution in [-0.2, 0) is 11.3 Å². The Morgan fingerprint density at radius 1 is 1.03 bits per heavy atom. The van der Waals surface area contributed by atoms with Crippen LogP contribution in [0.1, 0.15) is 21.5 Å². The van der Waals surface area contributed by atoms with Crippen molar-refractivity contribution in [3.63, 3.8) is 0 Å². The molecule has 2 aliphatic heterocycles. The average molecular weight is 427 g/mol. The maximum atomic E-state index is 13.1. The molecule has 2 aromatic carbocycles. The van der Waals surface area contributed by atoms with E-state index in [1.54, 1.807) is 38.5 Å². The monoisotopic (exact) mass is 427 g/mol. The molecular weight excluding hydrogens is 402 g/mol. The van der Waals surface area contributed by atoms with Crippen molar-refractivity contribution < 1.29 is 33.2 Å². The minimum Gasteiger partial charge on any atom is -0.493 e. The standard InChI is InChI=1S/C23H25NO7/c1-26-10-9-24-12-16-17(30-13-24)8-6-15-20(25)19(31-22(15)16)11-14-5-7-18(27-2)23(29-4)21(14)28-3/h5-8,11H,9-10,12-13H2,1-4H3/b19-11-. The second-order valence-electron chi connectivity index (χ2n) is 7.10. The minimum absolute atomic E-state index is 0.191. The van der Waals surface area contributed by atoms with Gasteiger partial charge in [-0.3, -0.25) is 9.69 Å². The van der Waals surface area contributed by atoms with E-state index in [9.17, 15) is 4.79 Å². The van der Waals surface area contributed by atoms with E-state index in [4.69, 9.17) is 28.4 Å². The molecule has 0 bridgehead atoms. The lowest BCUT2D eigenvalue weighted by molar-refractivity contribution is 0.0646. The first-order valence-corrected chi connectivity index (χ1v) is 9.84. The molecule has 2 aromatic rings. The van der Waals surface area contributed by atoms with Gasteiger partial charge in [0.25, 0.3) is 0 Å². The smallest absolute Gasteiger partial charge is 0.231 e. The molecular formula is C23H25NO7. The SMILES string of the molecule is COCCN1COc2ccc3c(c2C1)O/C(=C\c1ccc(OC)c(OC)c1OC)C3=O. The molecule has 0 amide bonds. The summed E-state index contributed by atoms with van der Waals surface area (Å²) in [6.45, 7) is 2.40. The molecule has 0 spiro atoms. The van der Waals surface area contributed by atoms with Gasteiger partial charge in [0.1, 0.15) is 18.2 Å². The van der Waals surface area contributed by atoms with Crippen LogP contribution in [0.2, 0.25) is 0 Å². The van der Waals surface area contributed by atoms with Crippen LogP contribution >= 0.6 is 0 Å². The van der Waals surface area contributed by atoms with Crippen molar-refractivity contribution >= 4 is 11.9 Å². The van der Waals surface area contributed by atoms with Crippen molar-refractivity contribution in [2.75, 3.05) is 48.3 Å². The largest absolute Gasteiger partial charge is 0.493 e. The van der Waals surface area contributed by atoms with Gasteiger partial charge in [0, 0.05) is 25.8 Å². The summed E-state index contributed by atoms with van der Waals surface area (Å²) in [5.41, 5.74) is 2.01. The van der Waals surface area contributed by atoms with E-state index < -0.39 is 0 Å². The quantitative estimate of drug-likeness (QED) is 0.624. The fourth-order valence-electron chi connectivity index (χ4n) is 3.75. The lowest BCUT2D eigenvalue weighted by atomic mass is 10.0. The number of ketones is 1. The Balaban J connectivity index is 1.69. The first kappa shape index (κ1) is 21.0. The topological polar surface area (TPSA) is 75.7 Å². The summed E-state index contributed by atoms with van der Waals surface area (Å²) in [6, 6.07) is 7.11. The highest BCUT2D eigenvalue weighted by Crippen LogP contribution is 2.44. The summed E-state index contributed by atoms with van der Waals surface area (Å²) in [5.74, 6) is 2.72. The zero-order valence-corrected chi connectivity index (χ0v) is 18.0. The molecule has 8 heteroatoms. The Bertz CT molecular complexity index is 1030. The van der Waals surface area contributed by atoms with Gasteiger partial charge in [-0.25, -0.2) is 0 Å². The van der Waals surface area contributed by atoms with Gasteiger partial charge in [0.05, 0.1) is 39.1 Å². The minimum atomic E-state index is -0.191. The van der Waals surface area contributed by atoms with Gasteiger partial charge < -0.3 is 28.4 Å². The number of rotatable bonds is 7. The van der Waals surface area contributed by atoms with E-state index in [-0.39, 0.29) is 11.5 Å². The highest BCUT2D eigenvalue weighted by Gasteiger charge is 2.34. The summed E-state index contributed by atoms with van der Waals surface area (Å²) in [5, 5.41) is 0. The number of fused-ring (bicyclic) bond motifs is 3. The van der Waals surface area contributed by atoms with E-state index in [1.807, 2.05) is 6.07 Å². The van der Waals surface area contributed by atoms with Crippen LogP contribution in [0.25, 0.3) is 6.08 Å². The predicted molar refractivity (Wildman–Crippen MR) is 113 cm³/mol. The molecule has 0 saturated heterocycles. The molecule has 0 unspecified atom stereocenters. The number of ether oxygens (including phenoxy) is 6. The van der Waals surface area contributed by atoms with Gasteiger partial charge in [-0.05, 0) is 30.3 Å². The van der Waals surface area contributed by atoms with Crippen LogP contribution in [0.5, 0.6) is 28.7 Å². The van der Waals surface area contributed by atoms with Crippen LogP contribution in [0.3, 0.4) is 0 Å². The molecule has 0 saturated carbocycles. The van der Waals surface area contributed by atoms with E-state index >= 15 is 0 Å². The molecule has 164 valence electrons. The lowest BCUT2D eigenvalue weighted by Gasteiger charge is -2.29. The number of Topliss-reactive ketones (excluding diaryl/α,β-unsaturated/α-hetero) is 1. The Morgan fingerprint density at radius 2 is 1.84 bits per heavy atom. The third-order valence-corrected chi connectivity index (χ3v) is 5.32. The second kappa shape index (κ2) is 8.87. The number of carbonyl (C=O) groups excluding carboxylic acids is 1. The highest BCUT2D eigenvalue weighted by molar-refractivity contribution is 6.15. The number of methoxy groups -OCH3 is 4. The normalized spacial score (nSPS) is 16.4. The zero-order chi connectivity index (χ0) is 22.0. The van der Waals surface area contributed by atoms with Crippen molar-refractivity contribution in [1.29, 1.82) is 0 Å². The molecule has 2 aliphatic rings. The summed E-state index contributed by atoms with van der Waals surface area (Å²) in [7, 11) is 6.29.